The molecule has 0 atom stereocenters. The fourth-order valence-corrected chi connectivity index (χ4v) is 2.77. The van der Waals surface area contributed by atoms with E-state index in [0.29, 0.717) is 11.4 Å². The first kappa shape index (κ1) is 20.3. The predicted octanol–water partition coefficient (Wildman–Crippen LogP) is 3.59. The molecule has 3 aromatic carbocycles. The molecule has 0 spiro atoms. The standard InChI is InChI=1S/C22H16N2O6/c25-19(23-13-7-3-1-4-8-13)15-11-18(22(29)30)16(12-17(15)21(27)28)20(26)24-14-9-5-2-6-10-14/h1-12H,(H,23,25)(H,24,26)(H,27,28)(H,29,30). The number of carboxylic acid groups (broad SMARTS) is 2. The van der Waals surface area contributed by atoms with Gasteiger partial charge in [0.15, 0.2) is 0 Å². The highest BCUT2D eigenvalue weighted by molar-refractivity contribution is 6.16. The molecule has 0 saturated carbocycles. The summed E-state index contributed by atoms with van der Waals surface area (Å²) in [5.74, 6) is -4.56. The second kappa shape index (κ2) is 8.70. The van der Waals surface area contributed by atoms with Crippen LogP contribution in [-0.4, -0.2) is 34.0 Å². The maximum Gasteiger partial charge on any atom is 0.336 e. The first-order valence-electron chi connectivity index (χ1n) is 8.74. The Labute approximate surface area is 170 Å². The summed E-state index contributed by atoms with van der Waals surface area (Å²) in [5, 5.41) is 24.1. The molecule has 0 aliphatic rings. The SMILES string of the molecule is O=C(O)c1cc(C(=O)Nc2ccccc2)c(C(=O)O)cc1C(=O)Nc1ccccc1. The quantitative estimate of drug-likeness (QED) is 0.496. The third-order valence-electron chi connectivity index (χ3n) is 4.17. The van der Waals surface area contributed by atoms with Gasteiger partial charge in [-0.15, -0.1) is 0 Å². The van der Waals surface area contributed by atoms with Crippen molar-refractivity contribution < 1.29 is 29.4 Å². The van der Waals surface area contributed by atoms with E-state index in [-0.39, 0.29) is 11.1 Å². The van der Waals surface area contributed by atoms with Crippen LogP contribution in [0.3, 0.4) is 0 Å². The highest BCUT2D eigenvalue weighted by Gasteiger charge is 2.25. The molecule has 0 radical (unpaired) electrons. The van der Waals surface area contributed by atoms with Crippen LogP contribution in [0.15, 0.2) is 72.8 Å². The second-order valence-corrected chi connectivity index (χ2v) is 6.19. The molecular weight excluding hydrogens is 388 g/mol. The summed E-state index contributed by atoms with van der Waals surface area (Å²) in [6, 6.07) is 18.3. The molecule has 0 fully saturated rings. The summed E-state index contributed by atoms with van der Waals surface area (Å²) in [7, 11) is 0. The first-order chi connectivity index (χ1) is 14.4. The van der Waals surface area contributed by atoms with Gasteiger partial charge in [0, 0.05) is 11.4 Å². The number of carbonyl (C=O) groups is 4. The van der Waals surface area contributed by atoms with Gasteiger partial charge in [0.05, 0.1) is 22.3 Å². The number of hydrogen-bond acceptors (Lipinski definition) is 4. The van der Waals surface area contributed by atoms with Crippen molar-refractivity contribution >= 4 is 35.1 Å². The summed E-state index contributed by atoms with van der Waals surface area (Å²) in [6.07, 6.45) is 0. The lowest BCUT2D eigenvalue weighted by atomic mass is 9.96. The molecule has 30 heavy (non-hydrogen) atoms. The Morgan fingerprint density at radius 3 is 1.17 bits per heavy atom. The number of carbonyl (C=O) groups excluding carboxylic acids is 2. The van der Waals surface area contributed by atoms with Crippen LogP contribution in [0.5, 0.6) is 0 Å². The predicted molar refractivity (Wildman–Crippen MR) is 109 cm³/mol. The lowest BCUT2D eigenvalue weighted by Gasteiger charge is -2.13. The van der Waals surface area contributed by atoms with Gasteiger partial charge < -0.3 is 20.8 Å². The molecule has 150 valence electrons. The Kier molecular flexibility index (Phi) is 5.88. The molecule has 0 aliphatic heterocycles. The van der Waals surface area contributed by atoms with E-state index in [1.807, 2.05) is 0 Å². The highest BCUT2D eigenvalue weighted by Crippen LogP contribution is 2.21. The van der Waals surface area contributed by atoms with Crippen molar-refractivity contribution in [2.75, 3.05) is 10.6 Å². The van der Waals surface area contributed by atoms with Gasteiger partial charge in [-0.1, -0.05) is 36.4 Å². The lowest BCUT2D eigenvalue weighted by Crippen LogP contribution is -2.22. The van der Waals surface area contributed by atoms with E-state index in [0.717, 1.165) is 12.1 Å². The third-order valence-corrected chi connectivity index (χ3v) is 4.17. The van der Waals surface area contributed by atoms with Crippen molar-refractivity contribution in [3.63, 3.8) is 0 Å². The number of aromatic carboxylic acids is 2. The molecule has 0 aliphatic carbocycles. The number of carboxylic acids is 2. The zero-order valence-corrected chi connectivity index (χ0v) is 15.5. The zero-order valence-electron chi connectivity index (χ0n) is 15.5. The van der Waals surface area contributed by atoms with Gasteiger partial charge in [0.1, 0.15) is 0 Å². The van der Waals surface area contributed by atoms with Gasteiger partial charge in [-0.05, 0) is 36.4 Å². The molecule has 0 bridgehead atoms. The number of nitrogens with one attached hydrogen (secondary N) is 2. The van der Waals surface area contributed by atoms with Gasteiger partial charge in [0.2, 0.25) is 0 Å². The van der Waals surface area contributed by atoms with Crippen molar-refractivity contribution in [2.24, 2.45) is 0 Å². The monoisotopic (exact) mass is 404 g/mol. The summed E-state index contributed by atoms with van der Waals surface area (Å²) >= 11 is 0. The maximum absolute atomic E-state index is 12.6. The van der Waals surface area contributed by atoms with Crippen molar-refractivity contribution in [1.29, 1.82) is 0 Å². The Morgan fingerprint density at radius 2 is 0.867 bits per heavy atom. The van der Waals surface area contributed by atoms with Gasteiger partial charge in [-0.2, -0.15) is 0 Å². The van der Waals surface area contributed by atoms with E-state index < -0.39 is 34.9 Å². The van der Waals surface area contributed by atoms with E-state index >= 15 is 0 Å². The van der Waals surface area contributed by atoms with Crippen LogP contribution in [0, 0.1) is 0 Å². The first-order valence-corrected chi connectivity index (χ1v) is 8.74. The third kappa shape index (κ3) is 4.50. The Hall–Kier alpha value is -4.46. The molecule has 8 heteroatoms. The van der Waals surface area contributed by atoms with Crippen LogP contribution in [-0.2, 0) is 0 Å². The molecular formula is C22H16N2O6. The fourth-order valence-electron chi connectivity index (χ4n) is 2.77. The van der Waals surface area contributed by atoms with Crippen LogP contribution < -0.4 is 10.6 Å². The van der Waals surface area contributed by atoms with Crippen molar-refractivity contribution in [2.45, 2.75) is 0 Å². The molecule has 0 unspecified atom stereocenters. The van der Waals surface area contributed by atoms with Crippen LogP contribution >= 0.6 is 0 Å². The minimum absolute atomic E-state index is 0.375. The fraction of sp³-hybridized carbons (Fsp3) is 0. The summed E-state index contributed by atoms with van der Waals surface area (Å²) in [4.78, 5) is 48.7. The summed E-state index contributed by atoms with van der Waals surface area (Å²) in [6.45, 7) is 0. The highest BCUT2D eigenvalue weighted by atomic mass is 16.4. The van der Waals surface area contributed by atoms with Crippen LogP contribution in [0.2, 0.25) is 0 Å². The van der Waals surface area contributed by atoms with E-state index in [2.05, 4.69) is 10.6 Å². The molecule has 0 aromatic heterocycles. The van der Waals surface area contributed by atoms with Crippen LogP contribution in [0.4, 0.5) is 11.4 Å². The number of amides is 2. The number of para-hydroxylation sites is 2. The zero-order chi connectivity index (χ0) is 21.7. The van der Waals surface area contributed by atoms with E-state index in [1.54, 1.807) is 60.7 Å². The summed E-state index contributed by atoms with van der Waals surface area (Å²) < 4.78 is 0. The van der Waals surface area contributed by atoms with Crippen LogP contribution in [0.25, 0.3) is 0 Å². The van der Waals surface area contributed by atoms with Crippen molar-refractivity contribution in [3.05, 3.63) is 95.1 Å². The number of rotatable bonds is 6. The number of benzene rings is 3. The minimum Gasteiger partial charge on any atom is -0.478 e. The molecule has 3 aromatic rings. The molecule has 8 nitrogen and oxygen atoms in total. The van der Waals surface area contributed by atoms with Gasteiger partial charge in [-0.3, -0.25) is 9.59 Å². The average Bonchev–Trinajstić information content (AvgIpc) is 2.74. The number of anilines is 2. The second-order valence-electron chi connectivity index (χ2n) is 6.19. The lowest BCUT2D eigenvalue weighted by molar-refractivity contribution is 0.0677. The Balaban J connectivity index is 2.03. The van der Waals surface area contributed by atoms with Crippen molar-refractivity contribution in [3.8, 4) is 0 Å². The maximum atomic E-state index is 12.6. The Morgan fingerprint density at radius 1 is 0.533 bits per heavy atom. The van der Waals surface area contributed by atoms with Gasteiger partial charge in [0.25, 0.3) is 11.8 Å². The van der Waals surface area contributed by atoms with Crippen molar-refractivity contribution in [1.82, 2.24) is 0 Å². The number of hydrogen-bond donors (Lipinski definition) is 4. The Bertz CT molecular complexity index is 1040. The summed E-state index contributed by atoms with van der Waals surface area (Å²) in [5.41, 5.74) is -0.929. The van der Waals surface area contributed by atoms with Crippen LogP contribution in [0.1, 0.15) is 41.4 Å². The van der Waals surface area contributed by atoms with E-state index in [4.69, 9.17) is 0 Å². The van der Waals surface area contributed by atoms with E-state index in [9.17, 15) is 29.4 Å². The minimum atomic E-state index is -1.47. The molecule has 2 amide bonds. The smallest absolute Gasteiger partial charge is 0.336 e. The largest absolute Gasteiger partial charge is 0.478 e. The molecule has 3 rings (SSSR count). The molecule has 0 saturated heterocycles. The molecule has 0 heterocycles. The average molecular weight is 404 g/mol. The van der Waals surface area contributed by atoms with Gasteiger partial charge in [-0.25, -0.2) is 9.59 Å². The molecule has 4 N–H and O–H groups in total. The van der Waals surface area contributed by atoms with E-state index in [1.165, 1.54) is 0 Å². The van der Waals surface area contributed by atoms with Gasteiger partial charge >= 0.3 is 11.9 Å². The normalized spacial score (nSPS) is 10.1. The topological polar surface area (TPSA) is 133 Å².